The molecule has 0 saturated heterocycles. The van der Waals surface area contributed by atoms with Gasteiger partial charge in [-0.05, 0) is 41.1 Å². The Morgan fingerprint density at radius 3 is 2.44 bits per heavy atom. The molecule has 18 heavy (non-hydrogen) atoms. The highest BCUT2D eigenvalue weighted by atomic mass is 16.5. The van der Waals surface area contributed by atoms with Crippen LogP contribution in [-0.2, 0) is 6.42 Å². The maximum absolute atomic E-state index is 10.2. The minimum absolute atomic E-state index is 0.279. The first kappa shape index (κ1) is 12.1. The van der Waals surface area contributed by atoms with Crippen molar-refractivity contribution in [3.63, 3.8) is 0 Å². The average Bonchev–Trinajstić information content (AvgIpc) is 2.42. The largest absolute Gasteiger partial charge is 0.508 e. The normalized spacial score (nSPS) is 10.0. The summed E-state index contributed by atoms with van der Waals surface area (Å²) in [5, 5.41) is 12.4. The lowest BCUT2D eigenvalue weighted by Gasteiger charge is -2.07. The predicted octanol–water partition coefficient (Wildman–Crippen LogP) is 3.41. The Labute approximate surface area is 105 Å². The van der Waals surface area contributed by atoms with Crippen LogP contribution in [-0.4, -0.2) is 11.7 Å². The van der Waals surface area contributed by atoms with E-state index in [4.69, 9.17) is 4.74 Å². The lowest BCUT2D eigenvalue weighted by atomic mass is 10.1. The Morgan fingerprint density at radius 2 is 1.78 bits per heavy atom. The van der Waals surface area contributed by atoms with Crippen LogP contribution in [0.1, 0.15) is 5.56 Å². The lowest BCUT2D eigenvalue weighted by Crippen LogP contribution is -2.01. The zero-order chi connectivity index (χ0) is 12.8. The van der Waals surface area contributed by atoms with Gasteiger partial charge in [0.05, 0.1) is 6.61 Å². The van der Waals surface area contributed by atoms with Crippen molar-refractivity contribution in [3.05, 3.63) is 59.0 Å². The minimum atomic E-state index is 0.279. The summed E-state index contributed by atoms with van der Waals surface area (Å²) in [6, 6.07) is 13.8. The highest BCUT2D eigenvalue weighted by molar-refractivity contribution is 5.40. The first-order valence-corrected chi connectivity index (χ1v) is 5.62. The van der Waals surface area contributed by atoms with E-state index in [-0.39, 0.29) is 5.75 Å². The SMILES string of the molecule is O=Nc1ccc(OCCc2ccccc2O)cc1. The molecular formula is C14H13NO3. The second kappa shape index (κ2) is 5.82. The number of ether oxygens (including phenoxy) is 1. The molecular weight excluding hydrogens is 230 g/mol. The topological polar surface area (TPSA) is 58.9 Å². The van der Waals surface area contributed by atoms with Gasteiger partial charge in [0.1, 0.15) is 17.2 Å². The van der Waals surface area contributed by atoms with Crippen LogP contribution >= 0.6 is 0 Å². The number of benzene rings is 2. The molecule has 92 valence electrons. The molecule has 1 N–H and O–H groups in total. The Bertz CT molecular complexity index is 523. The van der Waals surface area contributed by atoms with E-state index in [1.165, 1.54) is 0 Å². The van der Waals surface area contributed by atoms with Gasteiger partial charge in [-0.2, -0.15) is 0 Å². The van der Waals surface area contributed by atoms with Gasteiger partial charge < -0.3 is 9.84 Å². The number of aromatic hydroxyl groups is 1. The van der Waals surface area contributed by atoms with Gasteiger partial charge in [-0.3, -0.25) is 0 Å². The summed E-state index contributed by atoms with van der Waals surface area (Å²) in [6.07, 6.45) is 0.625. The molecule has 0 aliphatic rings. The second-order valence-corrected chi connectivity index (χ2v) is 3.81. The van der Waals surface area contributed by atoms with Crippen LogP contribution in [0.2, 0.25) is 0 Å². The van der Waals surface area contributed by atoms with E-state index in [1.54, 1.807) is 36.4 Å². The summed E-state index contributed by atoms with van der Waals surface area (Å²) in [4.78, 5) is 10.2. The zero-order valence-corrected chi connectivity index (χ0v) is 9.74. The Morgan fingerprint density at radius 1 is 1.06 bits per heavy atom. The van der Waals surface area contributed by atoms with Crippen LogP contribution in [0.15, 0.2) is 53.7 Å². The Hall–Kier alpha value is -2.36. The maximum Gasteiger partial charge on any atom is 0.119 e. The van der Waals surface area contributed by atoms with E-state index < -0.39 is 0 Å². The quantitative estimate of drug-likeness (QED) is 0.818. The van der Waals surface area contributed by atoms with Gasteiger partial charge in [-0.25, -0.2) is 0 Å². The third-order valence-corrected chi connectivity index (χ3v) is 2.57. The molecule has 0 aliphatic carbocycles. The second-order valence-electron chi connectivity index (χ2n) is 3.81. The van der Waals surface area contributed by atoms with Crippen molar-refractivity contribution < 1.29 is 9.84 Å². The van der Waals surface area contributed by atoms with Crippen molar-refractivity contribution in [3.8, 4) is 11.5 Å². The van der Waals surface area contributed by atoms with E-state index in [0.29, 0.717) is 24.5 Å². The Kier molecular flexibility index (Phi) is 3.91. The van der Waals surface area contributed by atoms with Crippen LogP contribution in [0.25, 0.3) is 0 Å². The van der Waals surface area contributed by atoms with E-state index in [9.17, 15) is 10.0 Å². The standard InChI is InChI=1S/C14H13NO3/c16-14-4-2-1-3-11(14)9-10-18-13-7-5-12(15-17)6-8-13/h1-8,16H,9-10H2. The molecule has 0 saturated carbocycles. The Balaban J connectivity index is 1.88. The van der Waals surface area contributed by atoms with E-state index >= 15 is 0 Å². The number of rotatable bonds is 5. The van der Waals surface area contributed by atoms with Gasteiger partial charge in [0.25, 0.3) is 0 Å². The van der Waals surface area contributed by atoms with E-state index in [0.717, 1.165) is 5.56 Å². The first-order chi connectivity index (χ1) is 8.79. The third-order valence-electron chi connectivity index (χ3n) is 2.57. The summed E-state index contributed by atoms with van der Waals surface area (Å²) in [5.74, 6) is 0.958. The number of hydrogen-bond donors (Lipinski definition) is 1. The molecule has 4 heteroatoms. The fraction of sp³-hybridized carbons (Fsp3) is 0.143. The van der Waals surface area contributed by atoms with Crippen LogP contribution in [0.3, 0.4) is 0 Å². The molecule has 2 aromatic carbocycles. The number of phenolic OH excluding ortho intramolecular Hbond substituents is 1. The molecule has 0 bridgehead atoms. The molecule has 0 aliphatic heterocycles. The van der Waals surface area contributed by atoms with Gasteiger partial charge in [0.2, 0.25) is 0 Å². The fourth-order valence-corrected chi connectivity index (χ4v) is 1.60. The van der Waals surface area contributed by atoms with Crippen LogP contribution in [0.4, 0.5) is 5.69 Å². The number of para-hydroxylation sites is 1. The van der Waals surface area contributed by atoms with Gasteiger partial charge in [-0.15, -0.1) is 4.91 Å². The van der Waals surface area contributed by atoms with Crippen molar-refractivity contribution in [1.82, 2.24) is 0 Å². The summed E-state index contributed by atoms with van der Waals surface area (Å²) in [6.45, 7) is 0.464. The molecule has 0 heterocycles. The maximum atomic E-state index is 10.2. The monoisotopic (exact) mass is 243 g/mol. The summed E-state index contributed by atoms with van der Waals surface area (Å²) in [5.41, 5.74) is 1.23. The van der Waals surface area contributed by atoms with E-state index in [1.807, 2.05) is 12.1 Å². The summed E-state index contributed by atoms with van der Waals surface area (Å²) in [7, 11) is 0. The van der Waals surface area contributed by atoms with Gasteiger partial charge in [0.15, 0.2) is 0 Å². The van der Waals surface area contributed by atoms with Crippen LogP contribution in [0.5, 0.6) is 11.5 Å². The fourth-order valence-electron chi connectivity index (χ4n) is 1.60. The number of nitrogens with zero attached hydrogens (tertiary/aromatic N) is 1. The van der Waals surface area contributed by atoms with Gasteiger partial charge in [-0.1, -0.05) is 18.2 Å². The first-order valence-electron chi connectivity index (χ1n) is 5.62. The van der Waals surface area contributed by atoms with Crippen molar-refractivity contribution in [2.75, 3.05) is 6.61 Å². The number of hydrogen-bond acceptors (Lipinski definition) is 4. The summed E-state index contributed by atoms with van der Waals surface area (Å²) >= 11 is 0. The third kappa shape index (κ3) is 3.07. The average molecular weight is 243 g/mol. The van der Waals surface area contributed by atoms with Crippen molar-refractivity contribution in [2.24, 2.45) is 5.18 Å². The number of phenols is 1. The molecule has 4 nitrogen and oxygen atoms in total. The highest BCUT2D eigenvalue weighted by Gasteiger charge is 2.00. The summed E-state index contributed by atoms with van der Waals surface area (Å²) < 4.78 is 5.51. The smallest absolute Gasteiger partial charge is 0.119 e. The molecule has 0 unspecified atom stereocenters. The molecule has 0 fully saturated rings. The molecule has 0 spiro atoms. The van der Waals surface area contributed by atoms with Gasteiger partial charge in [0, 0.05) is 6.42 Å². The molecule has 0 radical (unpaired) electrons. The lowest BCUT2D eigenvalue weighted by molar-refractivity contribution is 0.319. The van der Waals surface area contributed by atoms with Crippen LogP contribution in [0, 0.1) is 4.91 Å². The number of nitroso groups, excluding NO2 is 1. The zero-order valence-electron chi connectivity index (χ0n) is 9.74. The molecule has 0 atom stereocenters. The van der Waals surface area contributed by atoms with Crippen LogP contribution < -0.4 is 4.74 Å². The van der Waals surface area contributed by atoms with Crippen molar-refractivity contribution in [1.29, 1.82) is 0 Å². The van der Waals surface area contributed by atoms with Gasteiger partial charge >= 0.3 is 0 Å². The molecule has 0 aromatic heterocycles. The van der Waals surface area contributed by atoms with Crippen molar-refractivity contribution >= 4 is 5.69 Å². The highest BCUT2D eigenvalue weighted by Crippen LogP contribution is 2.19. The van der Waals surface area contributed by atoms with Crippen molar-refractivity contribution in [2.45, 2.75) is 6.42 Å². The predicted molar refractivity (Wildman–Crippen MR) is 69.2 cm³/mol. The molecule has 2 aromatic rings. The molecule has 2 rings (SSSR count). The minimum Gasteiger partial charge on any atom is -0.508 e. The van der Waals surface area contributed by atoms with E-state index in [2.05, 4.69) is 5.18 Å². The molecule has 0 amide bonds.